The molecule has 0 N–H and O–H groups in total. The zero-order valence-electron chi connectivity index (χ0n) is 12.2. The molecule has 0 aliphatic rings. The van der Waals surface area contributed by atoms with Crippen LogP contribution in [0.5, 0.6) is 0 Å². The van der Waals surface area contributed by atoms with E-state index in [4.69, 9.17) is 9.47 Å². The summed E-state index contributed by atoms with van der Waals surface area (Å²) in [6.07, 6.45) is 0.955. The van der Waals surface area contributed by atoms with Crippen molar-refractivity contribution in [2.24, 2.45) is 0 Å². The van der Waals surface area contributed by atoms with Crippen molar-refractivity contribution in [1.29, 1.82) is 0 Å². The van der Waals surface area contributed by atoms with Gasteiger partial charge in [0.05, 0.1) is 0 Å². The SMILES string of the molecule is CC(C)(C)OC(=O)CCCC(=O)OC(C)(C)C.Cl. The second-order valence-electron chi connectivity index (χ2n) is 6.03. The van der Waals surface area contributed by atoms with Gasteiger partial charge in [-0.15, -0.1) is 12.4 Å². The normalized spacial score (nSPS) is 11.4. The molecule has 0 spiro atoms. The first-order valence-electron chi connectivity index (χ1n) is 5.93. The minimum absolute atomic E-state index is 0. The highest BCUT2D eigenvalue weighted by Gasteiger charge is 2.18. The molecule has 5 heteroatoms. The van der Waals surface area contributed by atoms with Gasteiger partial charge in [0.2, 0.25) is 0 Å². The Morgan fingerprint density at radius 3 is 1.28 bits per heavy atom. The quantitative estimate of drug-likeness (QED) is 0.742. The predicted molar refractivity (Wildman–Crippen MR) is 72.8 cm³/mol. The molecule has 0 heterocycles. The average Bonchev–Trinajstić information content (AvgIpc) is 1.95. The van der Waals surface area contributed by atoms with E-state index in [1.807, 2.05) is 41.5 Å². The minimum Gasteiger partial charge on any atom is -0.460 e. The van der Waals surface area contributed by atoms with Crippen molar-refractivity contribution >= 4 is 24.3 Å². The smallest absolute Gasteiger partial charge is 0.306 e. The summed E-state index contributed by atoms with van der Waals surface area (Å²) in [6.45, 7) is 10.9. The summed E-state index contributed by atoms with van der Waals surface area (Å²) in [7, 11) is 0. The van der Waals surface area contributed by atoms with Crippen LogP contribution in [0, 0.1) is 0 Å². The van der Waals surface area contributed by atoms with Crippen LogP contribution in [0.25, 0.3) is 0 Å². The van der Waals surface area contributed by atoms with Gasteiger partial charge in [-0.05, 0) is 48.0 Å². The van der Waals surface area contributed by atoms with Gasteiger partial charge in [0.25, 0.3) is 0 Å². The summed E-state index contributed by atoms with van der Waals surface area (Å²) in [5, 5.41) is 0. The van der Waals surface area contributed by atoms with Crippen LogP contribution in [-0.4, -0.2) is 23.1 Å². The number of carbonyl (C=O) groups is 2. The number of halogens is 1. The molecule has 0 atom stereocenters. The van der Waals surface area contributed by atoms with Crippen molar-refractivity contribution < 1.29 is 19.1 Å². The van der Waals surface area contributed by atoms with Gasteiger partial charge in [0.1, 0.15) is 11.2 Å². The third-order valence-electron chi connectivity index (χ3n) is 1.60. The molecule has 0 aromatic carbocycles. The largest absolute Gasteiger partial charge is 0.460 e. The second-order valence-corrected chi connectivity index (χ2v) is 6.03. The van der Waals surface area contributed by atoms with Gasteiger partial charge in [0, 0.05) is 12.8 Å². The van der Waals surface area contributed by atoms with Gasteiger partial charge < -0.3 is 9.47 Å². The van der Waals surface area contributed by atoms with Gasteiger partial charge in [-0.25, -0.2) is 0 Å². The van der Waals surface area contributed by atoms with Gasteiger partial charge in [0.15, 0.2) is 0 Å². The fraction of sp³-hybridized carbons (Fsp3) is 0.846. The Labute approximate surface area is 116 Å². The fourth-order valence-electron chi connectivity index (χ4n) is 1.16. The maximum Gasteiger partial charge on any atom is 0.306 e. The van der Waals surface area contributed by atoms with Crippen LogP contribution >= 0.6 is 12.4 Å². The van der Waals surface area contributed by atoms with E-state index in [1.54, 1.807) is 0 Å². The van der Waals surface area contributed by atoms with Crippen LogP contribution in [0.3, 0.4) is 0 Å². The average molecular weight is 281 g/mol. The lowest BCUT2D eigenvalue weighted by molar-refractivity contribution is -0.156. The molecular weight excluding hydrogens is 256 g/mol. The van der Waals surface area contributed by atoms with Gasteiger partial charge in [-0.2, -0.15) is 0 Å². The van der Waals surface area contributed by atoms with E-state index in [-0.39, 0.29) is 37.2 Å². The Hall–Kier alpha value is -0.770. The highest BCUT2D eigenvalue weighted by atomic mass is 35.5. The molecule has 18 heavy (non-hydrogen) atoms. The second kappa shape index (κ2) is 7.62. The molecule has 0 unspecified atom stereocenters. The molecule has 0 aliphatic carbocycles. The molecule has 0 aliphatic heterocycles. The summed E-state index contributed by atoms with van der Waals surface area (Å²) in [5.74, 6) is -0.554. The maximum atomic E-state index is 11.4. The van der Waals surface area contributed by atoms with Crippen molar-refractivity contribution in [2.45, 2.75) is 72.0 Å². The first-order chi connectivity index (χ1) is 7.49. The van der Waals surface area contributed by atoms with Gasteiger partial charge in [-0.1, -0.05) is 0 Å². The Morgan fingerprint density at radius 2 is 1.06 bits per heavy atom. The summed E-state index contributed by atoms with van der Waals surface area (Å²) >= 11 is 0. The third kappa shape index (κ3) is 13.3. The van der Waals surface area contributed by atoms with Crippen LogP contribution in [0.15, 0.2) is 0 Å². The van der Waals surface area contributed by atoms with E-state index in [9.17, 15) is 9.59 Å². The Bertz CT molecular complexity index is 246. The summed E-state index contributed by atoms with van der Waals surface area (Å²) in [5.41, 5.74) is -0.938. The van der Waals surface area contributed by atoms with Crippen molar-refractivity contribution in [3.05, 3.63) is 0 Å². The molecule has 0 amide bonds. The van der Waals surface area contributed by atoms with Crippen molar-refractivity contribution in [3.8, 4) is 0 Å². The first kappa shape index (κ1) is 19.6. The lowest BCUT2D eigenvalue weighted by atomic mass is 10.1. The van der Waals surface area contributed by atoms with Crippen LogP contribution in [0.4, 0.5) is 0 Å². The molecule has 0 bridgehead atoms. The fourth-order valence-corrected chi connectivity index (χ4v) is 1.16. The van der Waals surface area contributed by atoms with Crippen LogP contribution in [0.1, 0.15) is 60.8 Å². The predicted octanol–water partition coefficient (Wildman–Crippen LogP) is 3.26. The molecule has 4 nitrogen and oxygen atoms in total. The summed E-state index contributed by atoms with van der Waals surface area (Å²) < 4.78 is 10.3. The molecule has 0 fully saturated rings. The van der Waals surface area contributed by atoms with Gasteiger partial charge in [-0.3, -0.25) is 9.59 Å². The highest BCUT2D eigenvalue weighted by molar-refractivity contribution is 5.85. The third-order valence-corrected chi connectivity index (χ3v) is 1.60. The van der Waals surface area contributed by atoms with Crippen LogP contribution < -0.4 is 0 Å². The van der Waals surface area contributed by atoms with E-state index in [0.29, 0.717) is 6.42 Å². The first-order valence-corrected chi connectivity index (χ1v) is 5.93. The number of carbonyl (C=O) groups excluding carboxylic acids is 2. The Balaban J connectivity index is 0. The van der Waals surface area contributed by atoms with Gasteiger partial charge >= 0.3 is 11.9 Å². The molecule has 0 radical (unpaired) electrons. The van der Waals surface area contributed by atoms with Crippen molar-refractivity contribution in [2.75, 3.05) is 0 Å². The van der Waals surface area contributed by atoms with Crippen molar-refractivity contribution in [1.82, 2.24) is 0 Å². The molecule has 0 saturated heterocycles. The Morgan fingerprint density at radius 1 is 0.778 bits per heavy atom. The summed E-state index contributed by atoms with van der Waals surface area (Å²) in [6, 6.07) is 0. The molecule has 0 saturated carbocycles. The number of esters is 2. The Kier molecular flexibility index (Phi) is 8.28. The maximum absolute atomic E-state index is 11.4. The van der Waals surface area contributed by atoms with E-state index < -0.39 is 11.2 Å². The standard InChI is InChI=1S/C13H24O4.ClH/c1-12(2,3)16-10(14)8-7-9-11(15)17-13(4,5)6;/h7-9H2,1-6H3;1H. The molecule has 0 aromatic heterocycles. The van der Waals surface area contributed by atoms with E-state index in [0.717, 1.165) is 0 Å². The lowest BCUT2D eigenvalue weighted by Crippen LogP contribution is -2.25. The number of rotatable bonds is 4. The minimum atomic E-state index is -0.469. The lowest BCUT2D eigenvalue weighted by Gasteiger charge is -2.20. The van der Waals surface area contributed by atoms with Crippen molar-refractivity contribution in [3.63, 3.8) is 0 Å². The number of hydrogen-bond donors (Lipinski definition) is 0. The van der Waals surface area contributed by atoms with Crippen LogP contribution in [-0.2, 0) is 19.1 Å². The zero-order chi connectivity index (χ0) is 13.7. The molecule has 0 rings (SSSR count). The number of hydrogen-bond acceptors (Lipinski definition) is 4. The molecule has 0 aromatic rings. The van der Waals surface area contributed by atoms with E-state index in [1.165, 1.54) is 0 Å². The monoisotopic (exact) mass is 280 g/mol. The molecule has 108 valence electrons. The van der Waals surface area contributed by atoms with Crippen LogP contribution in [0.2, 0.25) is 0 Å². The highest BCUT2D eigenvalue weighted by Crippen LogP contribution is 2.12. The van der Waals surface area contributed by atoms with E-state index in [2.05, 4.69) is 0 Å². The zero-order valence-corrected chi connectivity index (χ0v) is 13.0. The summed E-state index contributed by atoms with van der Waals surface area (Å²) in [4.78, 5) is 22.7. The van der Waals surface area contributed by atoms with E-state index >= 15 is 0 Å². The number of ether oxygens (including phenoxy) is 2. The topological polar surface area (TPSA) is 52.6 Å². The molecular formula is C13H25ClO4.